The average Bonchev–Trinajstić information content (AvgIpc) is 3.04. The molecule has 0 aliphatic heterocycles. The van der Waals surface area contributed by atoms with Gasteiger partial charge in [0.1, 0.15) is 24.4 Å². The van der Waals surface area contributed by atoms with Crippen LogP contribution in [0.2, 0.25) is 0 Å². The van der Waals surface area contributed by atoms with Crippen LogP contribution < -0.4 is 5.73 Å². The second kappa shape index (κ2) is 16.6. The number of benzene rings is 1. The maximum atomic E-state index is 15.0. The molecule has 4 rings (SSSR count). The third-order valence-electron chi connectivity index (χ3n) is 11.0. The molecule has 4 N–H and O–H groups in total. The first-order valence-electron chi connectivity index (χ1n) is 16.9. The smallest absolute Gasteiger partial charge is 0.338 e. The summed E-state index contributed by atoms with van der Waals surface area (Å²) < 4.78 is 29.0. The summed E-state index contributed by atoms with van der Waals surface area (Å²) in [5.74, 6) is -4.36. The molecule has 279 valence electrons. The van der Waals surface area contributed by atoms with Crippen LogP contribution in [-0.2, 0) is 75.6 Å². The average molecular weight is 790 g/mol. The first-order chi connectivity index (χ1) is 23.3. The number of Topliss-reactive ketones (excluding diaryl/α,β-unsaturated/α-hetero) is 1. The third kappa shape index (κ3) is 8.28. The zero-order valence-corrected chi connectivity index (χ0v) is 33.4. The Morgan fingerprint density at radius 1 is 1.00 bits per heavy atom. The second-order valence-electron chi connectivity index (χ2n) is 14.5. The Labute approximate surface area is 324 Å². The quantitative estimate of drug-likeness (QED) is 0.103. The topological polar surface area (TPSA) is 198 Å². The van der Waals surface area contributed by atoms with Gasteiger partial charge < -0.3 is 39.6 Å². The van der Waals surface area contributed by atoms with Gasteiger partial charge in [-0.25, -0.2) is 4.79 Å². The first-order valence-corrected chi connectivity index (χ1v) is 16.9. The van der Waals surface area contributed by atoms with Crippen molar-refractivity contribution in [2.45, 2.75) is 117 Å². The fourth-order valence-corrected chi connectivity index (χ4v) is 7.78. The van der Waals surface area contributed by atoms with Gasteiger partial charge in [0, 0.05) is 70.7 Å². The van der Waals surface area contributed by atoms with E-state index in [-0.39, 0.29) is 82.2 Å². The molecule has 0 amide bonds. The summed E-state index contributed by atoms with van der Waals surface area (Å²) in [7, 11) is 0. The van der Waals surface area contributed by atoms with Crippen molar-refractivity contribution in [3.05, 3.63) is 53.0 Å². The maximum Gasteiger partial charge on any atom is 0.338 e. The SMILES string of the molecule is CC(=O)OCCO[C@@H]1C[C@H](O)[C@@]2(C)C(=O)[C@H](OC(C)=O)C3=C(C)[C@@H](OC(=O)[C-](C)[C@H](C)N)C[C@@](O)([C@@H](OC(=O)c4ccccc4)[C@@H]2C1)C3(C)C.[Y]. The number of aliphatic hydroxyl groups excluding tert-OH is 1. The molecule has 14 heteroatoms. The number of nitrogens with two attached hydrogens (primary N) is 1. The van der Waals surface area contributed by atoms with Crippen LogP contribution in [0, 0.1) is 22.7 Å². The van der Waals surface area contributed by atoms with E-state index in [1.165, 1.54) is 20.8 Å². The Morgan fingerprint density at radius 2 is 1.63 bits per heavy atom. The number of rotatable bonds is 10. The monoisotopic (exact) mass is 789 g/mol. The Morgan fingerprint density at radius 3 is 2.20 bits per heavy atom. The van der Waals surface area contributed by atoms with Crippen molar-refractivity contribution in [3.8, 4) is 0 Å². The second-order valence-corrected chi connectivity index (χ2v) is 14.5. The van der Waals surface area contributed by atoms with Crippen LogP contribution >= 0.6 is 0 Å². The maximum absolute atomic E-state index is 15.0. The van der Waals surface area contributed by atoms with Gasteiger partial charge in [-0.3, -0.25) is 25.1 Å². The zero-order valence-electron chi connectivity index (χ0n) is 30.6. The Balaban J connectivity index is 0.00000702. The molecule has 0 unspecified atom stereocenters. The van der Waals surface area contributed by atoms with Gasteiger partial charge in [0.15, 0.2) is 17.9 Å². The number of ketones is 1. The van der Waals surface area contributed by atoms with Crippen molar-refractivity contribution in [2.24, 2.45) is 22.5 Å². The Kier molecular flexibility index (Phi) is 13.9. The van der Waals surface area contributed by atoms with E-state index in [1.54, 1.807) is 58.0 Å². The van der Waals surface area contributed by atoms with Crippen LogP contribution in [0.15, 0.2) is 41.5 Å². The summed E-state index contributed by atoms with van der Waals surface area (Å²) in [6, 6.07) is 7.49. The third-order valence-corrected chi connectivity index (χ3v) is 11.0. The summed E-state index contributed by atoms with van der Waals surface area (Å²) in [4.78, 5) is 66.1. The standard InChI is InChI=1S/C37H50NO12.Y/c1-19(21(3)38)33(43)49-27-18-37(45)32(50-34(44)24-12-10-9-11-13-24)26-16-25(47-15-14-46-22(4)39)17-28(41)36(26,8)31(42)30(48-23(5)40)29(20(27)2)35(37,6)7;/h9-13,21,25-28,30,32,41,45H,14-18,38H2,1-8H3;/q-1;/t21-,25-,26-,27-,28-,30+,32-,36-,37+;/m0./s1. The minimum Gasteiger partial charge on any atom is -0.480 e. The number of ether oxygens (including phenoxy) is 5. The Bertz CT molecular complexity index is 1510. The number of carbonyl (C=O) groups excluding carboxylic acids is 5. The summed E-state index contributed by atoms with van der Waals surface area (Å²) in [5, 5.41) is 25.1. The van der Waals surface area contributed by atoms with Gasteiger partial charge in [-0.15, -0.1) is 0 Å². The van der Waals surface area contributed by atoms with Crippen molar-refractivity contribution < 1.29 is 90.6 Å². The number of fused-ring (bicyclic) bond motifs is 3. The van der Waals surface area contributed by atoms with Crippen LogP contribution in [0.5, 0.6) is 0 Å². The molecule has 2 fully saturated rings. The van der Waals surface area contributed by atoms with E-state index in [1.807, 2.05) is 0 Å². The summed E-state index contributed by atoms with van der Waals surface area (Å²) in [5.41, 5.74) is 1.44. The van der Waals surface area contributed by atoms with Gasteiger partial charge in [0.25, 0.3) is 0 Å². The zero-order chi connectivity index (χ0) is 37.3. The van der Waals surface area contributed by atoms with Crippen molar-refractivity contribution in [1.82, 2.24) is 0 Å². The minimum atomic E-state index is -2.08. The molecule has 2 bridgehead atoms. The van der Waals surface area contributed by atoms with Gasteiger partial charge in [0.2, 0.25) is 0 Å². The van der Waals surface area contributed by atoms with Crippen molar-refractivity contribution in [3.63, 3.8) is 0 Å². The minimum absolute atomic E-state index is 0. The molecule has 1 aromatic carbocycles. The van der Waals surface area contributed by atoms with Crippen LogP contribution in [0.4, 0.5) is 0 Å². The molecular formula is C37H50NO12Y-. The van der Waals surface area contributed by atoms with E-state index in [0.717, 1.165) is 6.92 Å². The number of esters is 4. The molecule has 3 aliphatic carbocycles. The van der Waals surface area contributed by atoms with E-state index in [9.17, 15) is 34.2 Å². The summed E-state index contributed by atoms with van der Waals surface area (Å²) in [6.07, 6.45) is -6.66. The normalized spacial score (nSPS) is 31.8. The molecule has 51 heavy (non-hydrogen) atoms. The molecule has 1 radical (unpaired) electrons. The molecule has 2 saturated carbocycles. The van der Waals surface area contributed by atoms with Crippen LogP contribution in [0.1, 0.15) is 85.0 Å². The van der Waals surface area contributed by atoms with E-state index in [2.05, 4.69) is 0 Å². The Hall–Kier alpha value is -2.68. The predicted molar refractivity (Wildman–Crippen MR) is 178 cm³/mol. The molecule has 0 heterocycles. The predicted octanol–water partition coefficient (Wildman–Crippen LogP) is 2.78. The van der Waals surface area contributed by atoms with Gasteiger partial charge in [-0.1, -0.05) is 45.0 Å². The molecular weight excluding hydrogens is 739 g/mol. The first kappa shape index (κ1) is 42.7. The summed E-state index contributed by atoms with van der Waals surface area (Å²) in [6.45, 7) is 12.0. The molecule has 0 saturated heterocycles. The van der Waals surface area contributed by atoms with Gasteiger partial charge >= 0.3 is 17.9 Å². The number of aliphatic hydroxyl groups is 2. The van der Waals surface area contributed by atoms with Crippen molar-refractivity contribution >= 4 is 29.7 Å². The fourth-order valence-electron chi connectivity index (χ4n) is 7.78. The van der Waals surface area contributed by atoms with E-state index in [4.69, 9.17) is 29.4 Å². The van der Waals surface area contributed by atoms with Gasteiger partial charge in [0.05, 0.1) is 29.8 Å². The van der Waals surface area contributed by atoms with Gasteiger partial charge in [-0.2, -0.15) is 6.92 Å². The molecule has 0 spiro atoms. The van der Waals surface area contributed by atoms with Gasteiger partial charge in [-0.05, 0) is 43.5 Å². The largest absolute Gasteiger partial charge is 0.480 e. The molecule has 1 aromatic rings. The van der Waals surface area contributed by atoms with E-state index < -0.39 is 88.6 Å². The number of hydrogen-bond acceptors (Lipinski definition) is 13. The van der Waals surface area contributed by atoms with Crippen LogP contribution in [0.3, 0.4) is 0 Å². The molecule has 0 aromatic heterocycles. The number of carbonyl (C=O) groups is 5. The van der Waals surface area contributed by atoms with Crippen molar-refractivity contribution in [1.29, 1.82) is 0 Å². The molecule has 3 aliphatic rings. The van der Waals surface area contributed by atoms with Crippen LogP contribution in [-0.4, -0.2) is 95.3 Å². The van der Waals surface area contributed by atoms with E-state index in [0.29, 0.717) is 5.57 Å². The molecule has 13 nitrogen and oxygen atoms in total. The van der Waals surface area contributed by atoms with Crippen LogP contribution in [0.25, 0.3) is 0 Å². The summed E-state index contributed by atoms with van der Waals surface area (Å²) >= 11 is 0. The van der Waals surface area contributed by atoms with E-state index >= 15 is 0 Å². The fraction of sp³-hybridized carbons (Fsp3) is 0.622. The van der Waals surface area contributed by atoms with Crippen molar-refractivity contribution in [2.75, 3.05) is 13.2 Å². The molecule has 9 atom stereocenters. The number of hydrogen-bond donors (Lipinski definition) is 3.